The summed E-state index contributed by atoms with van der Waals surface area (Å²) in [6.45, 7) is 20.9. The summed E-state index contributed by atoms with van der Waals surface area (Å²) in [5.74, 6) is -3.55. The molecule has 0 aliphatic heterocycles. The molecule has 9 rings (SSSR count). The topological polar surface area (TPSA) is 367 Å². The van der Waals surface area contributed by atoms with Crippen LogP contribution in [0.5, 0.6) is 0 Å². The van der Waals surface area contributed by atoms with Gasteiger partial charge in [0.2, 0.25) is 5.96 Å². The van der Waals surface area contributed by atoms with Crippen molar-refractivity contribution in [2.45, 2.75) is 208 Å². The van der Waals surface area contributed by atoms with Gasteiger partial charge in [-0.1, -0.05) is 127 Å². The summed E-state index contributed by atoms with van der Waals surface area (Å²) >= 11 is 25.9. The van der Waals surface area contributed by atoms with E-state index in [1.807, 2.05) is 91.0 Å². The number of hydrogen-bond donors (Lipinski definition) is 7. The fourth-order valence-electron chi connectivity index (χ4n) is 12.3. The number of aromatic nitrogens is 2. The highest BCUT2D eigenvalue weighted by molar-refractivity contribution is 7.59. The Labute approximate surface area is 735 Å². The molecule has 1 heterocycles. The number of ether oxygens (including phenoxy) is 6. The minimum atomic E-state index is -1.13. The number of esters is 3. The van der Waals surface area contributed by atoms with Crippen molar-refractivity contribution in [3.05, 3.63) is 193 Å². The fourth-order valence-corrected chi connectivity index (χ4v) is 13.6. The molecule has 2 aliphatic carbocycles. The molecule has 7 aromatic rings. The first-order valence-electron chi connectivity index (χ1n) is 38.0. The van der Waals surface area contributed by atoms with Crippen molar-refractivity contribution in [1.82, 2.24) is 41.7 Å². The van der Waals surface area contributed by atoms with Crippen molar-refractivity contribution in [2.24, 2.45) is 9.98 Å². The van der Waals surface area contributed by atoms with E-state index in [2.05, 4.69) is 47.0 Å². The number of nitrogens with two attached hydrogens (primary N) is 1. The van der Waals surface area contributed by atoms with Crippen molar-refractivity contribution in [1.29, 1.82) is 0 Å². The van der Waals surface area contributed by atoms with Gasteiger partial charge in [0.05, 0.1) is 64.2 Å². The van der Waals surface area contributed by atoms with Crippen LogP contribution >= 0.6 is 73.4 Å². The summed E-state index contributed by atoms with van der Waals surface area (Å²) in [6, 6.07) is 36.3. The second-order valence-corrected chi connectivity index (χ2v) is 33.2. The van der Waals surface area contributed by atoms with Gasteiger partial charge in [-0.05, 0) is 234 Å². The minimum absolute atomic E-state index is 0. The van der Waals surface area contributed by atoms with Crippen LogP contribution in [0.15, 0.2) is 150 Å². The van der Waals surface area contributed by atoms with Crippen LogP contribution in [0.4, 0.5) is 25.8 Å². The number of nitrogen functional groups attached to an aromatic ring is 1. The summed E-state index contributed by atoms with van der Waals surface area (Å²) < 4.78 is 32.1. The average molecular weight is 1770 g/mol. The third-order valence-corrected chi connectivity index (χ3v) is 18.5. The number of anilines is 1. The quantitative estimate of drug-likeness (QED) is 0.0103. The molecule has 0 saturated carbocycles. The third-order valence-electron chi connectivity index (χ3n) is 17.3. The van der Waals surface area contributed by atoms with Gasteiger partial charge in [-0.3, -0.25) is 34.6 Å². The van der Waals surface area contributed by atoms with Gasteiger partial charge in [0.25, 0.3) is 11.8 Å². The lowest BCUT2D eigenvalue weighted by Gasteiger charge is -2.27. The number of amidine groups is 1. The molecule has 33 heteroatoms. The third kappa shape index (κ3) is 34.0. The Balaban J connectivity index is 0.000000410. The lowest BCUT2D eigenvalue weighted by molar-refractivity contribution is -0.153. The van der Waals surface area contributed by atoms with E-state index in [1.54, 1.807) is 119 Å². The van der Waals surface area contributed by atoms with E-state index in [0.29, 0.717) is 11.4 Å². The van der Waals surface area contributed by atoms with Gasteiger partial charge in [-0.15, -0.1) is 4.99 Å². The Morgan fingerprint density at radius 3 is 1.35 bits per heavy atom. The van der Waals surface area contributed by atoms with Gasteiger partial charge in [-0.25, -0.2) is 33.6 Å². The number of nitrogens with zero attached hydrogens (tertiary/aromatic N) is 4. The zero-order valence-electron chi connectivity index (χ0n) is 69.2. The van der Waals surface area contributed by atoms with E-state index in [9.17, 15) is 47.9 Å². The van der Waals surface area contributed by atoms with Crippen LogP contribution < -0.4 is 37.6 Å². The number of methoxy groups -OCH3 is 2. The summed E-state index contributed by atoms with van der Waals surface area (Å²) in [7, 11) is 2.43. The van der Waals surface area contributed by atoms with Gasteiger partial charge < -0.3 is 55.4 Å². The lowest BCUT2D eigenvalue weighted by atomic mass is 9.87. The molecular formula is C87H111Cl4N11O16S2. The van der Waals surface area contributed by atoms with Gasteiger partial charge >= 0.3 is 36.2 Å². The predicted molar refractivity (Wildman–Crippen MR) is 479 cm³/mol. The highest BCUT2D eigenvalue weighted by Crippen LogP contribution is 2.37. The van der Waals surface area contributed by atoms with Crippen molar-refractivity contribution in [3.8, 4) is 22.3 Å². The lowest BCUT2D eigenvalue weighted by Crippen LogP contribution is -2.42. The molecule has 6 aromatic carbocycles. The van der Waals surface area contributed by atoms with E-state index < -0.39 is 82.5 Å². The van der Waals surface area contributed by atoms with Gasteiger partial charge in [0.1, 0.15) is 58.3 Å². The Bertz CT molecular complexity index is 4680. The number of halogens is 4. The first-order chi connectivity index (χ1) is 55.0. The van der Waals surface area contributed by atoms with Crippen LogP contribution in [0.25, 0.3) is 22.3 Å². The van der Waals surface area contributed by atoms with Crippen molar-refractivity contribution >= 4 is 156 Å². The molecule has 0 fully saturated rings. The molecule has 4 atom stereocenters. The van der Waals surface area contributed by atoms with Crippen LogP contribution in [0, 0.1) is 0 Å². The Kier molecular flexibility index (Phi) is 40.5. The molecule has 5 amide bonds. The SMILES string of the molecule is C.CC(C)(C)OC(=O)N=C(NC(=O)OC(C)(C)C)n1cccn1.COC(=O)[C@H](CCC(=O)CNC1CCCc2ccc(N)cc21)NC(=O)c1c(Cl)cc(-c2ccccc2)cc1Cl.COC(=O)[C@H](CCC(=O)CNC1CCCc2ccc(N=C(CC(=O)OC(C)(C)C)NC(=O)OC(C)(C)C)cc21)NC(=O)c1c(Cl)cc(-c2ccccc2)cc1Cl.S.S. The maximum Gasteiger partial charge on any atom is 0.437 e. The molecule has 1 aromatic heterocycles. The van der Waals surface area contributed by atoms with E-state index in [1.165, 1.54) is 36.9 Å². The molecule has 0 bridgehead atoms. The number of Topliss-reactive ketones (excluding diaryl/α,β-unsaturated/α-hetero) is 2. The molecule has 0 radical (unpaired) electrons. The normalized spacial score (nSPS) is 14.2. The van der Waals surface area contributed by atoms with Crippen molar-refractivity contribution in [2.75, 3.05) is 33.0 Å². The minimum Gasteiger partial charge on any atom is -0.467 e. The number of nitrogens with one attached hydrogen (secondary N) is 6. The smallest absolute Gasteiger partial charge is 0.437 e. The number of aryl methyl sites for hydroxylation is 2. The molecule has 120 heavy (non-hydrogen) atoms. The number of alkyl carbamates (subject to hydrolysis) is 2. The van der Waals surface area contributed by atoms with Crippen LogP contribution in [0.3, 0.4) is 0 Å². The number of aliphatic imine (C=N–C) groups is 2. The molecule has 27 nitrogen and oxygen atoms in total. The fraction of sp³-hybridized carbons (Fsp3) is 0.414. The average Bonchev–Trinajstić information content (AvgIpc) is 0.883. The number of hydrogen-bond acceptors (Lipinski definition) is 21. The standard InChI is InChI=1S/C42H50Cl2N4O8.C30H31Cl2N3O4.C14H22N4O4.CH4.2H2S/c1-41(2,3)55-36(50)23-35(48-40(53)56-42(4,5)6)46-28-17-16-26-14-11-15-33(30(26)22-28)45-24-29(49)18-19-34(39(52)54-7)47-38(51)37-31(43)20-27(21-32(37)44)25-12-9-8-10-13-25;1-39-30(38)27(13-12-22(36)17-34-26-9-5-8-19-10-11-21(33)16-23(19)26)35-29(37)28-24(31)14-20(15-25(28)32)18-6-3-2-4-7-18;1-13(2,3)21-11(19)16-10(18-9-7-8-15-18)17-12(20)22-14(4,5)6;;;/h8-10,12-13,16-17,20-22,33-34,45H,11,14-15,18-19,23-24H2,1-7H3,(H,47,51)(H,46,48,53);2-4,6-7,10-11,14-16,26-27,34H,5,8-9,12-13,17,33H2,1H3,(H,35,37);7-9H,1-6H3,(H,16,17,19,20);1H4;2*1H2/t33?,34-;26?,27-;;;;/m00..../s1. The maximum atomic E-state index is 13.3. The Morgan fingerprint density at radius 1 is 0.525 bits per heavy atom. The number of amides is 5. The Morgan fingerprint density at radius 2 is 0.942 bits per heavy atom. The van der Waals surface area contributed by atoms with Gasteiger partial charge in [0.15, 0.2) is 0 Å². The second kappa shape index (κ2) is 47.4. The first kappa shape index (κ1) is 102. The van der Waals surface area contributed by atoms with Crippen LogP contribution in [-0.2, 0) is 65.2 Å². The van der Waals surface area contributed by atoms with Crippen LogP contribution in [-0.4, -0.2) is 143 Å². The molecule has 2 unspecified atom stereocenters. The predicted octanol–water partition coefficient (Wildman–Crippen LogP) is 17.2. The first-order valence-corrected chi connectivity index (χ1v) is 39.5. The van der Waals surface area contributed by atoms with E-state index >= 15 is 0 Å². The van der Waals surface area contributed by atoms with E-state index in [4.69, 9.17) is 80.6 Å². The zero-order chi connectivity index (χ0) is 86.1. The summed E-state index contributed by atoms with van der Waals surface area (Å²) in [6.07, 6.45) is 5.87. The zero-order valence-corrected chi connectivity index (χ0v) is 74.2. The monoisotopic (exact) mass is 1770 g/mol. The second-order valence-electron chi connectivity index (χ2n) is 31.5. The number of carbonyl (C=O) groups is 10. The summed E-state index contributed by atoms with van der Waals surface area (Å²) in [5, 5.41) is 21.4. The Hall–Kier alpha value is -9.85. The highest BCUT2D eigenvalue weighted by Gasteiger charge is 2.32. The van der Waals surface area contributed by atoms with Crippen LogP contribution in [0.2, 0.25) is 20.1 Å². The molecule has 650 valence electrons. The summed E-state index contributed by atoms with van der Waals surface area (Å²) in [4.78, 5) is 135. The molecule has 2 aliphatic rings. The van der Waals surface area contributed by atoms with E-state index in [0.717, 1.165) is 77.5 Å². The largest absolute Gasteiger partial charge is 0.467 e. The van der Waals surface area contributed by atoms with Crippen molar-refractivity contribution in [3.63, 3.8) is 0 Å². The maximum absolute atomic E-state index is 13.3. The summed E-state index contributed by atoms with van der Waals surface area (Å²) in [5.41, 5.74) is 12.0. The number of fused-ring (bicyclic) bond motifs is 2. The number of ketones is 2. The highest BCUT2D eigenvalue weighted by atomic mass is 35.5. The molecular weight excluding hydrogens is 1660 g/mol. The van der Waals surface area contributed by atoms with Crippen LogP contribution in [0.1, 0.15) is 203 Å². The molecule has 8 N–H and O–H groups in total. The van der Waals surface area contributed by atoms with Gasteiger partial charge in [-0.2, -0.15) is 32.1 Å². The molecule has 0 spiro atoms. The molecule has 0 saturated heterocycles. The van der Waals surface area contributed by atoms with E-state index in [-0.39, 0.29) is 146 Å². The number of benzene rings is 6. The number of rotatable bonds is 23. The van der Waals surface area contributed by atoms with Gasteiger partial charge in [0, 0.05) is 43.0 Å². The van der Waals surface area contributed by atoms with Crippen molar-refractivity contribution < 1.29 is 76.4 Å². The number of carbonyl (C=O) groups excluding carboxylic acids is 10.